The van der Waals surface area contributed by atoms with Crippen molar-refractivity contribution in [2.75, 3.05) is 19.6 Å². The van der Waals surface area contributed by atoms with E-state index in [1.165, 1.54) is 12.3 Å². The number of nitrogens with zero attached hydrogens (tertiary/aromatic N) is 2. The van der Waals surface area contributed by atoms with Gasteiger partial charge in [-0.2, -0.15) is 0 Å². The van der Waals surface area contributed by atoms with Gasteiger partial charge in [0.05, 0.1) is 0 Å². The van der Waals surface area contributed by atoms with Crippen LogP contribution in [0.1, 0.15) is 34.7 Å². The van der Waals surface area contributed by atoms with E-state index in [-0.39, 0.29) is 17.5 Å². The summed E-state index contributed by atoms with van der Waals surface area (Å²) in [6.45, 7) is 8.96. The Morgan fingerprint density at radius 1 is 1.42 bits per heavy atom. The molecule has 5 nitrogen and oxygen atoms in total. The fourth-order valence-electron chi connectivity index (χ4n) is 1.63. The quantitative estimate of drug-likeness (QED) is 0.789. The van der Waals surface area contributed by atoms with Gasteiger partial charge in [0, 0.05) is 31.4 Å². The highest BCUT2D eigenvalue weighted by molar-refractivity contribution is 5.98. The number of nitrogens with one attached hydrogen (secondary N) is 1. The lowest BCUT2D eigenvalue weighted by Gasteiger charge is -2.18. The van der Waals surface area contributed by atoms with Crippen molar-refractivity contribution in [2.24, 2.45) is 0 Å². The van der Waals surface area contributed by atoms with Crippen LogP contribution in [0.2, 0.25) is 0 Å². The second kappa shape index (κ2) is 7.31. The Kier molecular flexibility index (Phi) is 5.73. The number of carbonyl (C=O) groups is 2. The summed E-state index contributed by atoms with van der Waals surface area (Å²) in [5, 5.41) is 2.66. The van der Waals surface area contributed by atoms with Crippen molar-refractivity contribution >= 4 is 11.8 Å². The van der Waals surface area contributed by atoms with Crippen molar-refractivity contribution < 1.29 is 9.59 Å². The van der Waals surface area contributed by atoms with Gasteiger partial charge in [-0.3, -0.25) is 14.6 Å². The van der Waals surface area contributed by atoms with Crippen molar-refractivity contribution in [2.45, 2.75) is 13.8 Å². The van der Waals surface area contributed by atoms with Gasteiger partial charge in [0.15, 0.2) is 0 Å². The molecule has 0 unspecified atom stereocenters. The molecule has 1 N–H and O–H groups in total. The van der Waals surface area contributed by atoms with Crippen LogP contribution in [0.4, 0.5) is 0 Å². The van der Waals surface area contributed by atoms with E-state index in [2.05, 4.69) is 16.9 Å². The summed E-state index contributed by atoms with van der Waals surface area (Å²) in [5.74, 6) is -0.403. The van der Waals surface area contributed by atoms with Gasteiger partial charge in [0.25, 0.3) is 11.8 Å². The molecule has 0 saturated heterocycles. The van der Waals surface area contributed by atoms with Crippen molar-refractivity contribution in [3.63, 3.8) is 0 Å². The number of pyridine rings is 1. The minimum atomic E-state index is -0.240. The highest BCUT2D eigenvalue weighted by Crippen LogP contribution is 2.05. The molecule has 1 rings (SSSR count). The van der Waals surface area contributed by atoms with Crippen LogP contribution in [0.5, 0.6) is 0 Å². The monoisotopic (exact) mass is 261 g/mol. The van der Waals surface area contributed by atoms with Crippen LogP contribution in [-0.2, 0) is 0 Å². The lowest BCUT2D eigenvalue weighted by Crippen LogP contribution is -2.31. The zero-order valence-corrected chi connectivity index (χ0v) is 11.3. The Hall–Kier alpha value is -2.17. The van der Waals surface area contributed by atoms with Crippen LogP contribution < -0.4 is 5.32 Å². The highest BCUT2D eigenvalue weighted by atomic mass is 16.2. The van der Waals surface area contributed by atoms with E-state index in [1.54, 1.807) is 17.0 Å². The van der Waals surface area contributed by atoms with E-state index in [0.717, 1.165) is 0 Å². The second-order valence-corrected chi connectivity index (χ2v) is 3.91. The lowest BCUT2D eigenvalue weighted by atomic mass is 10.2. The van der Waals surface area contributed by atoms with Gasteiger partial charge < -0.3 is 10.2 Å². The third kappa shape index (κ3) is 3.91. The largest absolute Gasteiger partial charge is 0.349 e. The third-order valence-corrected chi connectivity index (χ3v) is 2.70. The van der Waals surface area contributed by atoms with E-state index in [1.807, 2.05) is 13.8 Å². The predicted octanol–water partition coefficient (Wildman–Crippen LogP) is 1.48. The predicted molar refractivity (Wildman–Crippen MR) is 74.0 cm³/mol. The van der Waals surface area contributed by atoms with Crippen molar-refractivity contribution in [1.29, 1.82) is 0 Å². The Labute approximate surface area is 113 Å². The van der Waals surface area contributed by atoms with Crippen LogP contribution in [0.15, 0.2) is 31.0 Å². The summed E-state index contributed by atoms with van der Waals surface area (Å²) in [6, 6.07) is 3.09. The number of hydrogen-bond donors (Lipinski definition) is 1. The first-order valence-electron chi connectivity index (χ1n) is 6.28. The maximum absolute atomic E-state index is 12.1. The minimum Gasteiger partial charge on any atom is -0.349 e. The normalized spacial score (nSPS) is 9.79. The average Bonchev–Trinajstić information content (AvgIpc) is 2.46. The van der Waals surface area contributed by atoms with Gasteiger partial charge in [0.1, 0.15) is 5.69 Å². The van der Waals surface area contributed by atoms with E-state index < -0.39 is 0 Å². The molecule has 0 bridgehead atoms. The standard InChI is InChI=1S/C14H19N3O2/c1-4-8-16-13(18)11-7-9-15-12(10-11)14(19)17(5-2)6-3/h4,7,9-10H,1,5-6,8H2,2-3H3,(H,16,18). The second-order valence-electron chi connectivity index (χ2n) is 3.91. The Morgan fingerprint density at radius 2 is 2.11 bits per heavy atom. The molecule has 5 heteroatoms. The molecule has 0 fully saturated rings. The third-order valence-electron chi connectivity index (χ3n) is 2.70. The molecular weight excluding hydrogens is 242 g/mol. The summed E-state index contributed by atoms with van der Waals surface area (Å²) >= 11 is 0. The van der Waals surface area contributed by atoms with Crippen LogP contribution in [0.25, 0.3) is 0 Å². The molecule has 19 heavy (non-hydrogen) atoms. The van der Waals surface area contributed by atoms with Crippen LogP contribution >= 0.6 is 0 Å². The molecule has 0 saturated carbocycles. The summed E-state index contributed by atoms with van der Waals surface area (Å²) < 4.78 is 0. The number of amides is 2. The number of carbonyl (C=O) groups excluding carboxylic acids is 2. The lowest BCUT2D eigenvalue weighted by molar-refractivity contribution is 0.0767. The first kappa shape index (κ1) is 14.9. The summed E-state index contributed by atoms with van der Waals surface area (Å²) in [6.07, 6.45) is 3.07. The van der Waals surface area contributed by atoms with Gasteiger partial charge in [0.2, 0.25) is 0 Å². The molecule has 102 valence electrons. The van der Waals surface area contributed by atoms with E-state index in [0.29, 0.717) is 25.2 Å². The van der Waals surface area contributed by atoms with Gasteiger partial charge in [-0.1, -0.05) is 6.08 Å². The Bertz CT molecular complexity index is 468. The highest BCUT2D eigenvalue weighted by Gasteiger charge is 2.15. The molecule has 0 atom stereocenters. The zero-order valence-electron chi connectivity index (χ0n) is 11.3. The van der Waals surface area contributed by atoms with Crippen molar-refractivity contribution in [1.82, 2.24) is 15.2 Å². The topological polar surface area (TPSA) is 62.3 Å². The summed E-state index contributed by atoms with van der Waals surface area (Å²) in [7, 11) is 0. The average molecular weight is 261 g/mol. The van der Waals surface area contributed by atoms with Gasteiger partial charge in [-0.15, -0.1) is 6.58 Å². The maximum atomic E-state index is 12.1. The van der Waals surface area contributed by atoms with Crippen LogP contribution in [0, 0.1) is 0 Å². The number of hydrogen-bond acceptors (Lipinski definition) is 3. The van der Waals surface area contributed by atoms with Crippen LogP contribution in [-0.4, -0.2) is 41.3 Å². The molecule has 0 aliphatic rings. The molecule has 2 amide bonds. The molecule has 1 heterocycles. The molecule has 0 spiro atoms. The van der Waals surface area contributed by atoms with E-state index >= 15 is 0 Å². The molecule has 1 aromatic rings. The first-order chi connectivity index (χ1) is 9.13. The zero-order chi connectivity index (χ0) is 14.3. The van der Waals surface area contributed by atoms with Crippen molar-refractivity contribution in [3.05, 3.63) is 42.2 Å². The Balaban J connectivity index is 2.90. The molecule has 1 aromatic heterocycles. The molecule has 0 radical (unpaired) electrons. The van der Waals surface area contributed by atoms with E-state index in [4.69, 9.17) is 0 Å². The minimum absolute atomic E-state index is 0.164. The first-order valence-corrected chi connectivity index (χ1v) is 6.28. The Morgan fingerprint density at radius 3 is 2.68 bits per heavy atom. The van der Waals surface area contributed by atoms with Crippen LogP contribution in [0.3, 0.4) is 0 Å². The van der Waals surface area contributed by atoms with Crippen molar-refractivity contribution in [3.8, 4) is 0 Å². The van der Waals surface area contributed by atoms with Gasteiger partial charge in [-0.05, 0) is 26.0 Å². The summed E-state index contributed by atoms with van der Waals surface area (Å²) in [4.78, 5) is 29.6. The SMILES string of the molecule is C=CCNC(=O)c1ccnc(C(=O)N(CC)CC)c1. The number of rotatable bonds is 6. The summed E-state index contributed by atoms with van der Waals surface area (Å²) in [5.41, 5.74) is 0.710. The fourth-order valence-corrected chi connectivity index (χ4v) is 1.63. The number of aromatic nitrogens is 1. The molecule has 0 aliphatic heterocycles. The molecule has 0 aliphatic carbocycles. The molecule has 0 aromatic carbocycles. The molecular formula is C14H19N3O2. The van der Waals surface area contributed by atoms with Gasteiger partial charge in [-0.25, -0.2) is 0 Å². The van der Waals surface area contributed by atoms with E-state index in [9.17, 15) is 9.59 Å². The fraction of sp³-hybridized carbons (Fsp3) is 0.357. The smallest absolute Gasteiger partial charge is 0.272 e. The van der Waals surface area contributed by atoms with Gasteiger partial charge >= 0.3 is 0 Å². The maximum Gasteiger partial charge on any atom is 0.272 e.